The summed E-state index contributed by atoms with van der Waals surface area (Å²) in [5.74, 6) is -1.70. The number of hydrogen-bond donors (Lipinski definition) is 6. The Hall–Kier alpha value is -1.80. The largest absolute Gasteiger partial charge is 0.462 e. The molecule has 4 aliphatic carbocycles. The molecule has 20 heteroatoms. The lowest BCUT2D eigenvalue weighted by Gasteiger charge is -2.67. The maximum atomic E-state index is 13.0. The quantitative estimate of drug-likeness (QED) is 0.114. The first-order valence-electron chi connectivity index (χ1n) is 25.3. The Morgan fingerprint density at radius 1 is 0.657 bits per heavy atom. The lowest BCUT2D eigenvalue weighted by molar-refractivity contribution is -0.355. The van der Waals surface area contributed by atoms with Crippen molar-refractivity contribution in [3.05, 3.63) is 11.6 Å². The molecular formula is C50H80O20. The zero-order valence-electron chi connectivity index (χ0n) is 42.6. The van der Waals surface area contributed by atoms with Crippen molar-refractivity contribution in [2.45, 2.75) is 253 Å². The summed E-state index contributed by atoms with van der Waals surface area (Å²) < 4.78 is 73.5. The summed E-state index contributed by atoms with van der Waals surface area (Å²) in [6.07, 6.45) is -9.52. The smallest absolute Gasteiger partial charge is 0.302 e. The van der Waals surface area contributed by atoms with Crippen LogP contribution in [0.25, 0.3) is 0 Å². The molecule has 4 aliphatic heterocycles. The van der Waals surface area contributed by atoms with E-state index in [2.05, 4.69) is 6.92 Å². The van der Waals surface area contributed by atoms with Gasteiger partial charge in [-0.2, -0.15) is 0 Å². The molecule has 0 unspecified atom stereocenters. The van der Waals surface area contributed by atoms with Gasteiger partial charge in [-0.3, -0.25) is 9.59 Å². The molecule has 0 aromatic carbocycles. The van der Waals surface area contributed by atoms with Crippen molar-refractivity contribution >= 4 is 11.8 Å². The number of carbonyl (C=O) groups excluding carboxylic acids is 2. The molecule has 8 aliphatic rings. The first-order valence-corrected chi connectivity index (χ1v) is 25.3. The Morgan fingerprint density at radius 2 is 1.23 bits per heavy atom. The Balaban J connectivity index is 0.850. The van der Waals surface area contributed by atoms with Gasteiger partial charge >= 0.3 is 5.97 Å². The van der Waals surface area contributed by atoms with Crippen LogP contribution in [0.15, 0.2) is 11.6 Å². The standard InChI is InChI=1S/C50H80O20/c1-23-39(54)44(61-11)40(55)45(65-23)70-43-26(4)64-38(21-33(43)60-10)69-42-25(3)63-37(20-32(42)59-9)68-41-24(2)62-36(19-31(41)53)67-30-13-14-46(7)29(18-30)12-15-49(57)34(46)22-35(66-28(6)52)47(8)48(56,27(5)51)16-17-50(47,49)58/h12,23-26,30-45,53-58H,13-22H2,1-11H3/t23-,24-,25-,26-,30+,31+,32+,33-,34-,35-,36+,37+,38+,39-,40-,41-,42-,43-,44+,45+,46+,47-,48-,49+,50-/m1/s1. The molecule has 20 nitrogen and oxygen atoms in total. The second kappa shape index (κ2) is 20.4. The van der Waals surface area contributed by atoms with Gasteiger partial charge in [-0.15, -0.1) is 0 Å². The van der Waals surface area contributed by atoms with Crippen molar-refractivity contribution < 1.29 is 97.1 Å². The molecule has 400 valence electrons. The molecule has 0 radical (unpaired) electrons. The van der Waals surface area contributed by atoms with Gasteiger partial charge in [0.15, 0.2) is 30.9 Å². The molecule has 8 rings (SSSR count). The number of Topliss-reactive ketones (excluding diaryl/α,β-unsaturated/α-hetero) is 1. The van der Waals surface area contributed by atoms with Crippen LogP contribution in [0.3, 0.4) is 0 Å². The van der Waals surface area contributed by atoms with Crippen LogP contribution < -0.4 is 0 Å². The van der Waals surface area contributed by atoms with Crippen molar-refractivity contribution in [3.63, 3.8) is 0 Å². The van der Waals surface area contributed by atoms with Crippen LogP contribution in [0, 0.1) is 16.7 Å². The Kier molecular flexibility index (Phi) is 15.9. The maximum Gasteiger partial charge on any atom is 0.302 e. The van der Waals surface area contributed by atoms with Gasteiger partial charge in [0.1, 0.15) is 59.5 Å². The van der Waals surface area contributed by atoms with Gasteiger partial charge in [0.05, 0.1) is 54.2 Å². The first kappa shape index (κ1) is 54.5. The highest BCUT2D eigenvalue weighted by Gasteiger charge is 2.81. The third-order valence-electron chi connectivity index (χ3n) is 18.2. The highest BCUT2D eigenvalue weighted by atomic mass is 16.8. The summed E-state index contributed by atoms with van der Waals surface area (Å²) in [4.78, 5) is 25.5. The van der Waals surface area contributed by atoms with Crippen LogP contribution in [0.4, 0.5) is 0 Å². The van der Waals surface area contributed by atoms with E-state index in [1.54, 1.807) is 28.1 Å². The lowest BCUT2D eigenvalue weighted by Crippen LogP contribution is -2.78. The Bertz CT molecular complexity index is 1890. The second-order valence-electron chi connectivity index (χ2n) is 22.0. The molecule has 3 saturated carbocycles. The SMILES string of the molecule is CO[C@@H]1[C@@H](O)[C@H](O[C@@H]2[C@@H](C)O[C@@H](O[C@H]3[C@@H](OC)C[C@H](O[C@H]4[C@@H](O)C[C@H](O[C@H]5CC[C@@]6(C)C(=CC[C@]7(O)[C@@H]6C[C@@H](OC(C)=O)[C@@]6(C)[C@]7(O)CC[C@@]6(O)C(C)=O)C5)O[C@@H]4C)O[C@@H]3C)C[C@H]2OC)O[C@H](C)[C@H]1O. The number of ether oxygens (including phenoxy) is 12. The summed E-state index contributed by atoms with van der Waals surface area (Å²) >= 11 is 0. The summed E-state index contributed by atoms with van der Waals surface area (Å²) in [6.45, 7) is 13.3. The minimum atomic E-state index is -2.00. The Morgan fingerprint density at radius 3 is 1.79 bits per heavy atom. The predicted molar refractivity (Wildman–Crippen MR) is 242 cm³/mol. The summed E-state index contributed by atoms with van der Waals surface area (Å²) in [7, 11) is 4.55. The fourth-order valence-corrected chi connectivity index (χ4v) is 14.1. The number of carbonyl (C=O) groups is 2. The van der Waals surface area contributed by atoms with Crippen LogP contribution in [0.2, 0.25) is 0 Å². The number of fused-ring (bicyclic) bond motifs is 5. The molecule has 70 heavy (non-hydrogen) atoms. The summed E-state index contributed by atoms with van der Waals surface area (Å²) in [5, 5.41) is 70.1. The molecule has 0 bridgehead atoms. The summed E-state index contributed by atoms with van der Waals surface area (Å²) in [6, 6.07) is 0. The molecule has 0 amide bonds. The number of aliphatic hydroxyl groups excluding tert-OH is 3. The average molecular weight is 1000 g/mol. The fraction of sp³-hybridized carbons (Fsp3) is 0.920. The first-order chi connectivity index (χ1) is 32.9. The number of methoxy groups -OCH3 is 3. The van der Waals surface area contributed by atoms with Gasteiger partial charge < -0.3 is 87.5 Å². The van der Waals surface area contributed by atoms with E-state index in [9.17, 15) is 40.2 Å². The zero-order valence-corrected chi connectivity index (χ0v) is 42.6. The zero-order chi connectivity index (χ0) is 51.0. The van der Waals surface area contributed by atoms with Gasteiger partial charge in [-0.05, 0) is 91.9 Å². The minimum absolute atomic E-state index is 0.0358. The van der Waals surface area contributed by atoms with E-state index in [1.165, 1.54) is 21.0 Å². The molecule has 4 heterocycles. The highest BCUT2D eigenvalue weighted by molar-refractivity contribution is 5.87. The molecular weight excluding hydrogens is 921 g/mol. The van der Waals surface area contributed by atoms with Crippen molar-refractivity contribution in [2.24, 2.45) is 16.7 Å². The molecule has 25 atom stereocenters. The third-order valence-corrected chi connectivity index (χ3v) is 18.2. The normalized spacial score (nSPS) is 52.7. The van der Waals surface area contributed by atoms with Gasteiger partial charge in [-0.1, -0.05) is 18.6 Å². The molecule has 6 N–H and O–H groups in total. The van der Waals surface area contributed by atoms with Crippen molar-refractivity contribution in [1.29, 1.82) is 0 Å². The van der Waals surface area contributed by atoms with Crippen LogP contribution >= 0.6 is 0 Å². The molecule has 7 fully saturated rings. The fourth-order valence-electron chi connectivity index (χ4n) is 14.1. The van der Waals surface area contributed by atoms with Gasteiger partial charge in [-0.25, -0.2) is 0 Å². The topological polar surface area (TPSA) is 266 Å². The van der Waals surface area contributed by atoms with Gasteiger partial charge in [0, 0.05) is 53.4 Å². The van der Waals surface area contributed by atoms with E-state index in [1.807, 2.05) is 26.8 Å². The van der Waals surface area contributed by atoms with Crippen molar-refractivity contribution in [1.82, 2.24) is 0 Å². The van der Waals surface area contributed by atoms with Crippen molar-refractivity contribution in [3.8, 4) is 0 Å². The van der Waals surface area contributed by atoms with Crippen LogP contribution in [-0.4, -0.2) is 197 Å². The Labute approximate surface area is 410 Å². The van der Waals surface area contributed by atoms with E-state index < -0.39 is 156 Å². The number of rotatable bonds is 13. The van der Waals surface area contributed by atoms with Crippen molar-refractivity contribution in [2.75, 3.05) is 21.3 Å². The third kappa shape index (κ3) is 9.06. The number of hydrogen-bond acceptors (Lipinski definition) is 20. The van der Waals surface area contributed by atoms with E-state index >= 15 is 0 Å². The number of esters is 1. The van der Waals surface area contributed by atoms with E-state index in [0.717, 1.165) is 5.57 Å². The van der Waals surface area contributed by atoms with Crippen LogP contribution in [0.5, 0.6) is 0 Å². The van der Waals surface area contributed by atoms with E-state index in [4.69, 9.17) is 56.8 Å². The van der Waals surface area contributed by atoms with Gasteiger partial charge in [0.2, 0.25) is 0 Å². The van der Waals surface area contributed by atoms with Crippen LogP contribution in [0.1, 0.15) is 120 Å². The van der Waals surface area contributed by atoms with E-state index in [-0.39, 0.29) is 51.0 Å². The molecule has 0 aromatic heterocycles. The van der Waals surface area contributed by atoms with E-state index in [0.29, 0.717) is 19.3 Å². The maximum absolute atomic E-state index is 13.0. The van der Waals surface area contributed by atoms with Gasteiger partial charge in [0.25, 0.3) is 0 Å². The predicted octanol–water partition coefficient (Wildman–Crippen LogP) is 1.86. The van der Waals surface area contributed by atoms with Crippen LogP contribution in [-0.2, 0) is 66.4 Å². The molecule has 4 saturated heterocycles. The second-order valence-corrected chi connectivity index (χ2v) is 22.0. The lowest BCUT2D eigenvalue weighted by atomic mass is 9.42. The molecule has 0 aromatic rings. The number of aliphatic hydroxyl groups is 6. The molecule has 0 spiro atoms. The summed E-state index contributed by atoms with van der Waals surface area (Å²) in [5.41, 5.74) is -6.87. The monoisotopic (exact) mass is 1000 g/mol. The highest BCUT2D eigenvalue weighted by Crippen LogP contribution is 2.71. The average Bonchev–Trinajstić information content (AvgIpc) is 3.53. The number of ketones is 1. The minimum Gasteiger partial charge on any atom is -0.462 e.